The zero-order valence-corrected chi connectivity index (χ0v) is 22.2. The number of aliphatic hydroxyl groups is 2. The van der Waals surface area contributed by atoms with Crippen molar-refractivity contribution in [2.24, 2.45) is 0 Å². The third-order valence-electron chi connectivity index (χ3n) is 6.96. The molecular formula is C24H32N6O4S2. The Hall–Kier alpha value is -2.22. The Morgan fingerprint density at radius 1 is 0.833 bits per heavy atom. The molecule has 0 spiro atoms. The fourth-order valence-electron chi connectivity index (χ4n) is 5.23. The maximum atomic E-state index is 12.6. The number of hydrazine groups is 2. The van der Waals surface area contributed by atoms with Gasteiger partial charge in [0.1, 0.15) is 0 Å². The topological polar surface area (TPSA) is 113 Å². The molecule has 2 aliphatic heterocycles. The number of nitrogens with zero attached hydrogens (tertiary/aromatic N) is 6. The normalized spacial score (nSPS) is 21.8. The van der Waals surface area contributed by atoms with Crippen LogP contribution in [0.3, 0.4) is 0 Å². The highest BCUT2D eigenvalue weighted by Gasteiger charge is 2.33. The molecule has 0 saturated carbocycles. The summed E-state index contributed by atoms with van der Waals surface area (Å²) in [6, 6.07) is 3.72. The van der Waals surface area contributed by atoms with Crippen LogP contribution in [0, 0.1) is 0 Å². The lowest BCUT2D eigenvalue weighted by molar-refractivity contribution is -0.121. The fourth-order valence-corrected chi connectivity index (χ4v) is 7.39. The van der Waals surface area contributed by atoms with Gasteiger partial charge in [0, 0.05) is 26.9 Å². The highest BCUT2D eigenvalue weighted by Crippen LogP contribution is 2.38. The molecule has 1 aromatic carbocycles. The van der Waals surface area contributed by atoms with Crippen molar-refractivity contribution in [3.8, 4) is 0 Å². The summed E-state index contributed by atoms with van der Waals surface area (Å²) in [7, 11) is 0. The van der Waals surface area contributed by atoms with Gasteiger partial charge in [-0.2, -0.15) is 0 Å². The van der Waals surface area contributed by atoms with E-state index < -0.39 is 0 Å². The van der Waals surface area contributed by atoms with Crippen molar-refractivity contribution < 1.29 is 19.8 Å². The molecule has 2 aliphatic rings. The molecule has 2 unspecified atom stereocenters. The number of fused-ring (bicyclic) bond motifs is 2. The van der Waals surface area contributed by atoms with E-state index in [1.165, 1.54) is 36.5 Å². The Morgan fingerprint density at radius 2 is 1.28 bits per heavy atom. The molecular weight excluding hydrogens is 500 g/mol. The van der Waals surface area contributed by atoms with E-state index in [0.717, 1.165) is 59.0 Å². The number of benzene rings is 1. The van der Waals surface area contributed by atoms with Gasteiger partial charge in [0.15, 0.2) is 0 Å². The van der Waals surface area contributed by atoms with Crippen molar-refractivity contribution >= 4 is 65.2 Å². The van der Waals surface area contributed by atoms with Crippen molar-refractivity contribution in [1.82, 2.24) is 20.0 Å². The van der Waals surface area contributed by atoms with E-state index in [-0.39, 0.29) is 37.1 Å². The van der Waals surface area contributed by atoms with Gasteiger partial charge in [-0.25, -0.2) is 30.0 Å². The van der Waals surface area contributed by atoms with Crippen LogP contribution in [0.1, 0.15) is 52.4 Å². The minimum absolute atomic E-state index is 0.00208. The summed E-state index contributed by atoms with van der Waals surface area (Å²) in [4.78, 5) is 34.8. The van der Waals surface area contributed by atoms with Crippen molar-refractivity contribution in [3.05, 3.63) is 12.1 Å². The predicted molar refractivity (Wildman–Crippen MR) is 142 cm³/mol. The van der Waals surface area contributed by atoms with Crippen LogP contribution >= 0.6 is 22.7 Å². The van der Waals surface area contributed by atoms with E-state index in [2.05, 4.69) is 0 Å². The third-order valence-corrected chi connectivity index (χ3v) is 8.95. The first-order valence-corrected chi connectivity index (χ1v) is 14.1. The standard InChI is InChI=1S/C24H32N6O4S2/c1-15(33)29(27-9-5-3-7-17(27)13-31)23-25-19-11-20-22(12-21(19)35-23)36-24(26-20)30(16(2)34)28-10-6-4-8-18(28)14-32/h11-12,17-18,31-32H,3-10,13-14H2,1-2H3. The molecule has 36 heavy (non-hydrogen) atoms. The number of anilines is 2. The molecule has 4 heterocycles. The lowest BCUT2D eigenvalue weighted by atomic mass is 10.0. The first-order valence-electron chi connectivity index (χ1n) is 12.5. The van der Waals surface area contributed by atoms with Gasteiger partial charge < -0.3 is 10.2 Å². The number of piperidine rings is 2. The lowest BCUT2D eigenvalue weighted by Gasteiger charge is -2.40. The first kappa shape index (κ1) is 25.4. The van der Waals surface area contributed by atoms with Gasteiger partial charge >= 0.3 is 0 Å². The van der Waals surface area contributed by atoms with Crippen LogP contribution in [-0.4, -0.2) is 80.4 Å². The smallest absolute Gasteiger partial charge is 0.240 e. The molecule has 2 fully saturated rings. The van der Waals surface area contributed by atoms with Crippen LogP contribution in [0.5, 0.6) is 0 Å². The average Bonchev–Trinajstić information content (AvgIpc) is 3.45. The molecule has 194 valence electrons. The van der Waals surface area contributed by atoms with Crippen LogP contribution in [0.4, 0.5) is 10.3 Å². The predicted octanol–water partition coefficient (Wildman–Crippen LogP) is 3.14. The quantitative estimate of drug-likeness (QED) is 0.498. The number of rotatable bonds is 6. The van der Waals surface area contributed by atoms with Crippen LogP contribution < -0.4 is 10.0 Å². The molecule has 5 rings (SSSR count). The van der Waals surface area contributed by atoms with Crippen LogP contribution in [0.15, 0.2) is 12.1 Å². The molecule has 2 aromatic heterocycles. The zero-order valence-electron chi connectivity index (χ0n) is 20.6. The van der Waals surface area contributed by atoms with Gasteiger partial charge in [-0.05, 0) is 37.8 Å². The van der Waals surface area contributed by atoms with E-state index in [4.69, 9.17) is 9.97 Å². The number of hydrogen-bond donors (Lipinski definition) is 2. The van der Waals surface area contributed by atoms with Gasteiger partial charge in [0.05, 0.1) is 45.7 Å². The molecule has 0 aliphatic carbocycles. The zero-order chi connectivity index (χ0) is 25.4. The van der Waals surface area contributed by atoms with Gasteiger partial charge in [-0.1, -0.05) is 35.5 Å². The molecule has 12 heteroatoms. The number of aliphatic hydroxyl groups excluding tert-OH is 2. The molecule has 2 N–H and O–H groups in total. The number of carbonyl (C=O) groups excluding carboxylic acids is 2. The summed E-state index contributed by atoms with van der Waals surface area (Å²) < 4.78 is 1.86. The van der Waals surface area contributed by atoms with E-state index in [9.17, 15) is 19.8 Å². The number of hydrogen-bond acceptors (Lipinski definition) is 10. The third kappa shape index (κ3) is 4.73. The molecule has 0 radical (unpaired) electrons. The number of thiazole rings is 2. The monoisotopic (exact) mass is 532 g/mol. The Labute approximate surface area is 217 Å². The Kier molecular flexibility index (Phi) is 7.52. The maximum absolute atomic E-state index is 12.6. The van der Waals surface area contributed by atoms with E-state index in [1.54, 1.807) is 10.0 Å². The summed E-state index contributed by atoms with van der Waals surface area (Å²) in [6.45, 7) is 4.45. The molecule has 0 bridgehead atoms. The second-order valence-electron chi connectivity index (χ2n) is 9.43. The number of carbonyl (C=O) groups is 2. The second kappa shape index (κ2) is 10.6. The first-order chi connectivity index (χ1) is 17.4. The number of aromatic nitrogens is 2. The Bertz CT molecular complexity index is 1120. The minimum Gasteiger partial charge on any atom is -0.395 e. The van der Waals surface area contributed by atoms with Crippen molar-refractivity contribution in [3.63, 3.8) is 0 Å². The van der Waals surface area contributed by atoms with E-state index >= 15 is 0 Å². The van der Waals surface area contributed by atoms with Crippen molar-refractivity contribution in [2.45, 2.75) is 64.5 Å². The highest BCUT2D eigenvalue weighted by molar-refractivity contribution is 7.24. The Balaban J connectivity index is 1.49. The van der Waals surface area contributed by atoms with Gasteiger partial charge in [0.25, 0.3) is 0 Å². The second-order valence-corrected chi connectivity index (χ2v) is 11.5. The van der Waals surface area contributed by atoms with E-state index in [0.29, 0.717) is 23.4 Å². The molecule has 3 aromatic rings. The summed E-state index contributed by atoms with van der Waals surface area (Å²) in [5.74, 6) is -0.262. The van der Waals surface area contributed by atoms with Crippen molar-refractivity contribution in [1.29, 1.82) is 0 Å². The number of amides is 2. The fraction of sp³-hybridized carbons (Fsp3) is 0.583. The van der Waals surface area contributed by atoms with Crippen molar-refractivity contribution in [2.75, 3.05) is 36.3 Å². The van der Waals surface area contributed by atoms with E-state index in [1.807, 2.05) is 22.2 Å². The van der Waals surface area contributed by atoms with Crippen LogP contribution in [-0.2, 0) is 9.59 Å². The minimum atomic E-state index is -0.131. The Morgan fingerprint density at radius 3 is 1.67 bits per heavy atom. The van der Waals surface area contributed by atoms with Crippen LogP contribution in [0.25, 0.3) is 20.4 Å². The SMILES string of the molecule is CC(=O)N(c1nc2cc3nc(N(C(C)=O)N4CCCCC4CO)sc3cc2s1)N1CCCCC1CO. The average molecular weight is 533 g/mol. The largest absolute Gasteiger partial charge is 0.395 e. The molecule has 2 saturated heterocycles. The van der Waals surface area contributed by atoms with Gasteiger partial charge in [-0.15, -0.1) is 0 Å². The van der Waals surface area contributed by atoms with Gasteiger partial charge in [0.2, 0.25) is 22.1 Å². The summed E-state index contributed by atoms with van der Waals surface area (Å²) >= 11 is 2.87. The maximum Gasteiger partial charge on any atom is 0.240 e. The lowest BCUT2D eigenvalue weighted by Crippen LogP contribution is -2.54. The molecule has 10 nitrogen and oxygen atoms in total. The molecule has 2 amide bonds. The highest BCUT2D eigenvalue weighted by atomic mass is 32.1. The summed E-state index contributed by atoms with van der Waals surface area (Å²) in [6.07, 6.45) is 5.68. The van der Waals surface area contributed by atoms with Gasteiger partial charge in [-0.3, -0.25) is 9.59 Å². The molecule has 2 atom stereocenters. The van der Waals surface area contributed by atoms with Crippen LogP contribution in [0.2, 0.25) is 0 Å². The summed E-state index contributed by atoms with van der Waals surface area (Å²) in [5, 5.41) is 28.0. The summed E-state index contributed by atoms with van der Waals surface area (Å²) in [5.41, 5.74) is 1.48.